The van der Waals surface area contributed by atoms with Crippen LogP contribution in [0.4, 0.5) is 13.2 Å². The summed E-state index contributed by atoms with van der Waals surface area (Å²) in [6.07, 6.45) is 6.69. The monoisotopic (exact) mass is 295 g/mol. The Bertz CT molecular complexity index is 609. The van der Waals surface area contributed by atoms with Crippen LogP contribution in [0.3, 0.4) is 0 Å². The molecule has 0 aromatic heterocycles. The van der Waals surface area contributed by atoms with Gasteiger partial charge in [0.05, 0.1) is 11.8 Å². The molecule has 1 unspecified atom stereocenters. The maximum absolute atomic E-state index is 13.3. The lowest BCUT2D eigenvalue weighted by Crippen LogP contribution is -2.33. The van der Waals surface area contributed by atoms with Crippen molar-refractivity contribution in [2.24, 2.45) is 10.9 Å². The van der Waals surface area contributed by atoms with E-state index in [0.29, 0.717) is 11.6 Å². The number of hydrogen-bond donors (Lipinski definition) is 0. The predicted molar refractivity (Wildman–Crippen MR) is 75.7 cm³/mol. The quantitative estimate of drug-likeness (QED) is 0.593. The van der Waals surface area contributed by atoms with E-state index < -0.39 is 17.5 Å². The van der Waals surface area contributed by atoms with Crippen molar-refractivity contribution in [2.45, 2.75) is 25.3 Å². The molecular weight excluding hydrogens is 283 g/mol. The Morgan fingerprint density at radius 2 is 1.70 bits per heavy atom. The first kappa shape index (κ1) is 13.5. The average molecular weight is 295 g/mol. The molecule has 1 saturated carbocycles. The number of rotatable bonds is 2. The Morgan fingerprint density at radius 3 is 2.25 bits per heavy atom. The summed E-state index contributed by atoms with van der Waals surface area (Å²) < 4.78 is 39.5. The van der Waals surface area contributed by atoms with Gasteiger partial charge in [0.25, 0.3) is 0 Å². The maximum atomic E-state index is 13.3. The molecule has 1 aliphatic carbocycles. The fraction of sp³-hybridized carbons (Fsp3) is 0.333. The summed E-state index contributed by atoms with van der Waals surface area (Å²) in [5.41, 5.74) is 0.692. The zero-order valence-corrected chi connectivity index (χ0v) is 11.4. The van der Waals surface area contributed by atoms with Gasteiger partial charge in [-0.25, -0.2) is 13.2 Å². The first-order chi connectivity index (χ1) is 9.56. The van der Waals surface area contributed by atoms with E-state index in [-0.39, 0.29) is 11.6 Å². The molecule has 3 rings (SSSR count). The van der Waals surface area contributed by atoms with Crippen molar-refractivity contribution < 1.29 is 13.2 Å². The van der Waals surface area contributed by atoms with E-state index in [1.807, 2.05) is 0 Å². The highest BCUT2D eigenvalue weighted by Crippen LogP contribution is 2.33. The Hall–Kier alpha value is -1.49. The molecule has 104 valence electrons. The van der Waals surface area contributed by atoms with E-state index in [1.165, 1.54) is 0 Å². The van der Waals surface area contributed by atoms with Gasteiger partial charge in [0.15, 0.2) is 17.5 Å². The summed E-state index contributed by atoms with van der Waals surface area (Å²) in [5.74, 6) is -3.45. The number of allylic oxidation sites excluding steroid dienone is 1. The third-order valence-corrected chi connectivity index (χ3v) is 4.23. The molecule has 1 aliphatic heterocycles. The second kappa shape index (κ2) is 5.13. The van der Waals surface area contributed by atoms with Crippen molar-refractivity contribution in [1.82, 2.24) is 0 Å². The minimum absolute atomic E-state index is 0.102. The van der Waals surface area contributed by atoms with Crippen LogP contribution in [0.1, 0.15) is 24.8 Å². The Morgan fingerprint density at radius 1 is 1.05 bits per heavy atom. The van der Waals surface area contributed by atoms with Gasteiger partial charge in [0, 0.05) is 10.4 Å². The number of dihydropyridines is 1. The molecule has 0 saturated heterocycles. The maximum Gasteiger partial charge on any atom is 0.194 e. The second-order valence-electron chi connectivity index (χ2n) is 5.14. The lowest BCUT2D eigenvalue weighted by atomic mass is 9.78. The first-order valence-corrected chi connectivity index (χ1v) is 6.92. The number of hydrogen-bond acceptors (Lipinski definition) is 2. The number of halogens is 3. The Kier molecular flexibility index (Phi) is 3.46. The zero-order chi connectivity index (χ0) is 14.3. The molecule has 0 bridgehead atoms. The first-order valence-electron chi connectivity index (χ1n) is 6.51. The topological polar surface area (TPSA) is 12.4 Å². The van der Waals surface area contributed by atoms with Crippen LogP contribution in [0.25, 0.3) is 0 Å². The van der Waals surface area contributed by atoms with Crippen LogP contribution in [0.15, 0.2) is 29.3 Å². The van der Waals surface area contributed by atoms with Gasteiger partial charge in [0.2, 0.25) is 0 Å². The summed E-state index contributed by atoms with van der Waals surface area (Å²) in [4.78, 5) is 5.25. The van der Waals surface area contributed by atoms with Gasteiger partial charge < -0.3 is 0 Å². The fourth-order valence-corrected chi connectivity index (χ4v) is 2.80. The predicted octanol–water partition coefficient (Wildman–Crippen LogP) is 4.00. The Balaban J connectivity index is 1.97. The summed E-state index contributed by atoms with van der Waals surface area (Å²) in [6.45, 7) is 0. The van der Waals surface area contributed by atoms with Gasteiger partial charge in [-0.2, -0.15) is 0 Å². The summed E-state index contributed by atoms with van der Waals surface area (Å²) in [7, 11) is 0. The zero-order valence-electron chi connectivity index (χ0n) is 10.6. The fourth-order valence-electron chi connectivity index (χ4n) is 2.48. The molecule has 1 fully saturated rings. The van der Waals surface area contributed by atoms with Crippen molar-refractivity contribution in [2.75, 3.05) is 0 Å². The van der Waals surface area contributed by atoms with Crippen molar-refractivity contribution in [3.05, 3.63) is 47.3 Å². The van der Waals surface area contributed by atoms with Gasteiger partial charge in [-0.05, 0) is 43.0 Å². The molecule has 1 aromatic rings. The summed E-state index contributed by atoms with van der Waals surface area (Å²) >= 11 is 5.28. The molecule has 2 aliphatic rings. The largest absolute Gasteiger partial charge is 0.275 e. The second-order valence-corrected chi connectivity index (χ2v) is 5.61. The van der Waals surface area contributed by atoms with Gasteiger partial charge in [0.1, 0.15) is 0 Å². The van der Waals surface area contributed by atoms with Crippen LogP contribution in [0, 0.1) is 23.4 Å². The highest BCUT2D eigenvalue weighted by molar-refractivity contribution is 7.80. The third-order valence-electron chi connectivity index (χ3n) is 3.85. The Labute approximate surface area is 120 Å². The van der Waals surface area contributed by atoms with Gasteiger partial charge in [-0.1, -0.05) is 18.6 Å². The van der Waals surface area contributed by atoms with Crippen molar-refractivity contribution in [3.8, 4) is 0 Å². The molecule has 0 spiro atoms. The lowest BCUT2D eigenvalue weighted by molar-refractivity contribution is 0.301. The highest BCUT2D eigenvalue weighted by Gasteiger charge is 2.31. The SMILES string of the molecule is Fc1cc(C2=NC(C3CCC3)C(=S)C=C2)cc(F)c1F. The molecule has 1 aromatic carbocycles. The number of thiocarbonyl (C=S) groups is 1. The normalized spacial score (nSPS) is 22.6. The van der Waals surface area contributed by atoms with E-state index in [9.17, 15) is 13.2 Å². The molecule has 1 heterocycles. The molecule has 1 nitrogen and oxygen atoms in total. The van der Waals surface area contributed by atoms with Crippen LogP contribution < -0.4 is 0 Å². The van der Waals surface area contributed by atoms with Gasteiger partial charge in [-0.3, -0.25) is 4.99 Å². The van der Waals surface area contributed by atoms with E-state index in [0.717, 1.165) is 36.3 Å². The van der Waals surface area contributed by atoms with Gasteiger partial charge in [-0.15, -0.1) is 0 Å². The molecule has 20 heavy (non-hydrogen) atoms. The summed E-state index contributed by atoms with van der Waals surface area (Å²) in [5, 5.41) is 0. The van der Waals surface area contributed by atoms with Crippen molar-refractivity contribution in [3.63, 3.8) is 0 Å². The van der Waals surface area contributed by atoms with Crippen LogP contribution in [0.2, 0.25) is 0 Å². The molecule has 0 N–H and O–H groups in total. The van der Waals surface area contributed by atoms with Gasteiger partial charge >= 0.3 is 0 Å². The van der Waals surface area contributed by atoms with E-state index in [4.69, 9.17) is 12.2 Å². The summed E-state index contributed by atoms with van der Waals surface area (Å²) in [6, 6.07) is 1.83. The van der Waals surface area contributed by atoms with Crippen LogP contribution >= 0.6 is 12.2 Å². The van der Waals surface area contributed by atoms with Crippen molar-refractivity contribution >= 4 is 22.8 Å². The minimum Gasteiger partial charge on any atom is -0.275 e. The minimum atomic E-state index is -1.46. The number of benzene rings is 1. The average Bonchev–Trinajstić information content (AvgIpc) is 2.36. The lowest BCUT2D eigenvalue weighted by Gasteiger charge is -2.32. The van der Waals surface area contributed by atoms with Crippen molar-refractivity contribution in [1.29, 1.82) is 0 Å². The molecular formula is C15H12F3NS. The number of nitrogens with zero attached hydrogens (tertiary/aromatic N) is 1. The molecule has 0 amide bonds. The van der Waals surface area contributed by atoms with E-state index in [2.05, 4.69) is 4.99 Å². The van der Waals surface area contributed by atoms with E-state index in [1.54, 1.807) is 12.2 Å². The third kappa shape index (κ3) is 2.30. The molecule has 5 heteroatoms. The van der Waals surface area contributed by atoms with Crippen LogP contribution in [-0.2, 0) is 0 Å². The number of aliphatic imine (C=N–C) groups is 1. The molecule has 0 radical (unpaired) electrons. The van der Waals surface area contributed by atoms with Crippen LogP contribution in [-0.4, -0.2) is 16.6 Å². The smallest absolute Gasteiger partial charge is 0.194 e. The standard InChI is InChI=1S/C15H12F3NS/c16-10-6-9(7-11(17)14(10)18)12-4-5-13(20)15(19-12)8-2-1-3-8/h4-8,15H,1-3H2. The van der Waals surface area contributed by atoms with E-state index >= 15 is 0 Å². The van der Waals surface area contributed by atoms with Crippen LogP contribution in [0.5, 0.6) is 0 Å². The molecule has 1 atom stereocenters. The highest BCUT2D eigenvalue weighted by atomic mass is 32.1.